The number of Topliss-reactive ketones (excluding diaryl/α,β-unsaturated/α-hetero) is 1. The van der Waals surface area contributed by atoms with Gasteiger partial charge in [0.15, 0.2) is 5.78 Å². The smallest absolute Gasteiger partial charge is 0.243 e. The van der Waals surface area contributed by atoms with Crippen LogP contribution in [0.5, 0.6) is 0 Å². The van der Waals surface area contributed by atoms with E-state index in [-0.39, 0.29) is 11.7 Å². The fourth-order valence-electron chi connectivity index (χ4n) is 2.39. The van der Waals surface area contributed by atoms with E-state index in [0.29, 0.717) is 18.5 Å². The standard InChI is InChI=1S/C16H21NO2S/c1-5-9-17-12-10-11(13(18)6-2)7-8-14(12)20-16(3,4)15(17)19/h7-8,10H,5-6,9H2,1-4H3. The summed E-state index contributed by atoms with van der Waals surface area (Å²) in [6, 6.07) is 5.71. The molecule has 20 heavy (non-hydrogen) atoms. The lowest BCUT2D eigenvalue weighted by molar-refractivity contribution is -0.120. The van der Waals surface area contributed by atoms with Crippen LogP contribution < -0.4 is 4.90 Å². The molecule has 108 valence electrons. The van der Waals surface area contributed by atoms with Crippen LogP contribution in [-0.2, 0) is 4.79 Å². The van der Waals surface area contributed by atoms with Gasteiger partial charge in [-0.15, -0.1) is 11.8 Å². The van der Waals surface area contributed by atoms with Gasteiger partial charge in [-0.25, -0.2) is 0 Å². The lowest BCUT2D eigenvalue weighted by Crippen LogP contribution is -2.46. The first-order chi connectivity index (χ1) is 9.40. The largest absolute Gasteiger partial charge is 0.310 e. The molecule has 0 atom stereocenters. The number of anilines is 1. The molecule has 0 radical (unpaired) electrons. The Balaban J connectivity index is 2.50. The summed E-state index contributed by atoms with van der Waals surface area (Å²) < 4.78 is -0.446. The third-order valence-corrected chi connectivity index (χ3v) is 4.72. The third kappa shape index (κ3) is 2.62. The SMILES string of the molecule is CCCN1C(=O)C(C)(C)Sc2ccc(C(=O)CC)cc21. The Bertz CT molecular complexity index is 551. The lowest BCUT2D eigenvalue weighted by atomic mass is 10.1. The molecule has 0 spiro atoms. The van der Waals surface area contributed by atoms with E-state index in [0.717, 1.165) is 17.0 Å². The Labute approximate surface area is 124 Å². The average molecular weight is 291 g/mol. The molecule has 0 unspecified atom stereocenters. The van der Waals surface area contributed by atoms with Crippen molar-refractivity contribution in [2.45, 2.75) is 50.2 Å². The van der Waals surface area contributed by atoms with Gasteiger partial charge < -0.3 is 4.90 Å². The summed E-state index contributed by atoms with van der Waals surface area (Å²) in [5.41, 5.74) is 1.58. The van der Waals surface area contributed by atoms with Crippen molar-refractivity contribution >= 4 is 29.1 Å². The van der Waals surface area contributed by atoms with Crippen molar-refractivity contribution in [2.75, 3.05) is 11.4 Å². The molecule has 2 rings (SSSR count). The van der Waals surface area contributed by atoms with Crippen molar-refractivity contribution in [1.29, 1.82) is 0 Å². The first-order valence-electron chi connectivity index (χ1n) is 7.09. The minimum atomic E-state index is -0.446. The van der Waals surface area contributed by atoms with Gasteiger partial charge in [0.05, 0.1) is 10.4 Å². The summed E-state index contributed by atoms with van der Waals surface area (Å²) in [6.07, 6.45) is 1.39. The lowest BCUT2D eigenvalue weighted by Gasteiger charge is -2.38. The Morgan fingerprint density at radius 3 is 2.60 bits per heavy atom. The number of amides is 1. The van der Waals surface area contributed by atoms with E-state index in [2.05, 4.69) is 6.92 Å². The molecule has 1 aliphatic heterocycles. The molecule has 0 saturated carbocycles. The van der Waals surface area contributed by atoms with Crippen LogP contribution in [0, 0.1) is 0 Å². The van der Waals surface area contributed by atoms with E-state index in [9.17, 15) is 9.59 Å². The Kier molecular flexibility index (Phi) is 4.23. The predicted molar refractivity (Wildman–Crippen MR) is 83.6 cm³/mol. The fraction of sp³-hybridized carbons (Fsp3) is 0.500. The van der Waals surface area contributed by atoms with Gasteiger partial charge in [0.1, 0.15) is 0 Å². The van der Waals surface area contributed by atoms with Gasteiger partial charge in [0, 0.05) is 23.4 Å². The number of nitrogens with zero attached hydrogens (tertiary/aromatic N) is 1. The maximum Gasteiger partial charge on any atom is 0.243 e. The van der Waals surface area contributed by atoms with Crippen LogP contribution in [0.25, 0.3) is 0 Å². The topological polar surface area (TPSA) is 37.4 Å². The molecule has 1 aliphatic rings. The molecule has 0 fully saturated rings. The quantitative estimate of drug-likeness (QED) is 0.789. The molecular formula is C16H21NO2S. The summed E-state index contributed by atoms with van der Waals surface area (Å²) in [5.74, 6) is 0.240. The molecular weight excluding hydrogens is 270 g/mol. The van der Waals surface area contributed by atoms with Gasteiger partial charge in [0.25, 0.3) is 0 Å². The molecule has 1 aromatic rings. The van der Waals surface area contributed by atoms with Gasteiger partial charge in [-0.2, -0.15) is 0 Å². The number of carbonyl (C=O) groups is 2. The van der Waals surface area contributed by atoms with Crippen LogP contribution in [-0.4, -0.2) is 23.0 Å². The highest BCUT2D eigenvalue weighted by molar-refractivity contribution is 8.01. The summed E-state index contributed by atoms with van der Waals surface area (Å²) in [6.45, 7) is 8.52. The second-order valence-electron chi connectivity index (χ2n) is 5.53. The van der Waals surface area contributed by atoms with Crippen molar-refractivity contribution in [3.8, 4) is 0 Å². The van der Waals surface area contributed by atoms with Crippen LogP contribution in [0.15, 0.2) is 23.1 Å². The van der Waals surface area contributed by atoms with E-state index in [4.69, 9.17) is 0 Å². The zero-order valence-corrected chi connectivity index (χ0v) is 13.3. The number of ketones is 1. The number of carbonyl (C=O) groups excluding carboxylic acids is 2. The normalized spacial score (nSPS) is 17.0. The highest BCUT2D eigenvalue weighted by Gasteiger charge is 2.39. The van der Waals surface area contributed by atoms with Gasteiger partial charge in [-0.3, -0.25) is 9.59 Å². The van der Waals surface area contributed by atoms with Crippen molar-refractivity contribution in [2.24, 2.45) is 0 Å². The molecule has 0 saturated heterocycles. The summed E-state index contributed by atoms with van der Waals surface area (Å²) in [5, 5.41) is 0. The van der Waals surface area contributed by atoms with Crippen molar-refractivity contribution in [1.82, 2.24) is 0 Å². The number of hydrogen-bond acceptors (Lipinski definition) is 3. The molecule has 4 heteroatoms. The summed E-state index contributed by atoms with van der Waals surface area (Å²) >= 11 is 1.58. The van der Waals surface area contributed by atoms with Gasteiger partial charge >= 0.3 is 0 Å². The Morgan fingerprint density at radius 2 is 2.00 bits per heavy atom. The van der Waals surface area contributed by atoms with E-state index in [1.54, 1.807) is 11.8 Å². The van der Waals surface area contributed by atoms with Gasteiger partial charge in [-0.1, -0.05) is 19.9 Å². The number of hydrogen-bond donors (Lipinski definition) is 0. The van der Waals surface area contributed by atoms with Crippen LogP contribution in [0.4, 0.5) is 5.69 Å². The van der Waals surface area contributed by atoms with Crippen molar-refractivity contribution < 1.29 is 9.59 Å². The highest BCUT2D eigenvalue weighted by atomic mass is 32.2. The number of thioether (sulfide) groups is 1. The maximum absolute atomic E-state index is 12.6. The maximum atomic E-state index is 12.6. The van der Waals surface area contributed by atoms with Crippen LogP contribution in [0.2, 0.25) is 0 Å². The molecule has 0 bridgehead atoms. The monoisotopic (exact) mass is 291 g/mol. The summed E-state index contributed by atoms with van der Waals surface area (Å²) in [7, 11) is 0. The average Bonchev–Trinajstić information content (AvgIpc) is 2.42. The minimum absolute atomic E-state index is 0.117. The van der Waals surface area contributed by atoms with E-state index >= 15 is 0 Å². The first kappa shape index (κ1) is 15.1. The van der Waals surface area contributed by atoms with Gasteiger partial charge in [0.2, 0.25) is 5.91 Å². The van der Waals surface area contributed by atoms with Crippen LogP contribution in [0.1, 0.15) is 50.9 Å². The molecule has 0 aliphatic carbocycles. The molecule has 1 amide bonds. The first-order valence-corrected chi connectivity index (χ1v) is 7.90. The second-order valence-corrected chi connectivity index (χ2v) is 7.19. The van der Waals surface area contributed by atoms with Crippen molar-refractivity contribution in [3.63, 3.8) is 0 Å². The van der Waals surface area contributed by atoms with E-state index in [1.807, 2.05) is 43.9 Å². The van der Waals surface area contributed by atoms with E-state index < -0.39 is 4.75 Å². The Morgan fingerprint density at radius 1 is 1.30 bits per heavy atom. The molecule has 3 nitrogen and oxygen atoms in total. The highest BCUT2D eigenvalue weighted by Crippen LogP contribution is 2.45. The van der Waals surface area contributed by atoms with Crippen LogP contribution >= 0.6 is 11.8 Å². The number of fused-ring (bicyclic) bond motifs is 1. The third-order valence-electron chi connectivity index (χ3n) is 3.47. The van der Waals surface area contributed by atoms with Crippen molar-refractivity contribution in [3.05, 3.63) is 23.8 Å². The molecule has 0 N–H and O–H groups in total. The second kappa shape index (κ2) is 5.60. The fourth-order valence-corrected chi connectivity index (χ4v) is 3.55. The molecule has 1 aromatic carbocycles. The Hall–Kier alpha value is -1.29. The van der Waals surface area contributed by atoms with Gasteiger partial charge in [-0.05, 0) is 32.4 Å². The molecule has 0 aromatic heterocycles. The van der Waals surface area contributed by atoms with E-state index in [1.165, 1.54) is 0 Å². The minimum Gasteiger partial charge on any atom is -0.310 e. The molecule has 1 heterocycles. The zero-order chi connectivity index (χ0) is 14.9. The number of benzene rings is 1. The zero-order valence-electron chi connectivity index (χ0n) is 12.5. The summed E-state index contributed by atoms with van der Waals surface area (Å²) in [4.78, 5) is 27.3. The number of rotatable bonds is 4. The predicted octanol–water partition coefficient (Wildman–Crippen LogP) is 3.91. The van der Waals surface area contributed by atoms with Crippen LogP contribution in [0.3, 0.4) is 0 Å².